The quantitative estimate of drug-likeness (QED) is 0.577. The third-order valence-corrected chi connectivity index (χ3v) is 7.86. The van der Waals surface area contributed by atoms with Crippen LogP contribution in [0.5, 0.6) is 0 Å². The number of carbonyl (C=O) groups excluding carboxylic acids is 1. The fraction of sp³-hybridized carbons (Fsp3) is 0.483. The van der Waals surface area contributed by atoms with Gasteiger partial charge in [-0.15, -0.1) is 0 Å². The van der Waals surface area contributed by atoms with Crippen molar-refractivity contribution < 1.29 is 4.79 Å². The van der Waals surface area contributed by atoms with Gasteiger partial charge in [0.1, 0.15) is 0 Å². The maximum atomic E-state index is 13.1. The number of aromatic nitrogens is 2. The Hall–Kier alpha value is -3.19. The highest BCUT2D eigenvalue weighted by Crippen LogP contribution is 2.23. The lowest BCUT2D eigenvalue weighted by atomic mass is 9.94. The van der Waals surface area contributed by atoms with E-state index in [0.29, 0.717) is 18.3 Å². The van der Waals surface area contributed by atoms with Gasteiger partial charge in [-0.25, -0.2) is 4.98 Å². The third kappa shape index (κ3) is 5.46. The lowest BCUT2D eigenvalue weighted by Gasteiger charge is -2.34. The molecule has 2 fully saturated rings. The second-order valence-electron chi connectivity index (χ2n) is 10.5. The average molecular weight is 488 g/mol. The number of hydrogen-bond acceptors (Lipinski definition) is 5. The molecular weight excluding hydrogens is 450 g/mol. The highest BCUT2D eigenvalue weighted by molar-refractivity contribution is 5.80. The Kier molecular flexibility index (Phi) is 7.37. The van der Waals surface area contributed by atoms with Gasteiger partial charge in [0.25, 0.3) is 5.56 Å². The first-order valence-electron chi connectivity index (χ1n) is 13.2. The van der Waals surface area contributed by atoms with E-state index in [1.807, 2.05) is 29.2 Å². The van der Waals surface area contributed by atoms with Gasteiger partial charge in [-0.2, -0.15) is 0 Å². The van der Waals surface area contributed by atoms with Gasteiger partial charge in [0.2, 0.25) is 5.91 Å². The first-order valence-corrected chi connectivity index (χ1v) is 13.2. The van der Waals surface area contributed by atoms with Crippen LogP contribution in [0.15, 0.2) is 53.3 Å². The highest BCUT2D eigenvalue weighted by atomic mass is 16.2. The minimum atomic E-state index is -0.113. The number of nitrogens with one attached hydrogen (secondary N) is 1. The minimum absolute atomic E-state index is 0.104. The summed E-state index contributed by atoms with van der Waals surface area (Å²) in [4.78, 5) is 35.3. The molecular formula is C29H37N5O2. The van der Waals surface area contributed by atoms with E-state index in [1.165, 1.54) is 11.1 Å². The Morgan fingerprint density at radius 3 is 2.56 bits per heavy atom. The number of amides is 1. The number of rotatable bonds is 6. The minimum Gasteiger partial charge on any atom is -0.356 e. The lowest BCUT2D eigenvalue weighted by Crippen LogP contribution is -2.46. The highest BCUT2D eigenvalue weighted by Gasteiger charge is 2.29. The van der Waals surface area contributed by atoms with E-state index in [4.69, 9.17) is 0 Å². The van der Waals surface area contributed by atoms with Crippen molar-refractivity contribution in [2.75, 3.05) is 37.6 Å². The molecule has 36 heavy (non-hydrogen) atoms. The Labute approximate surface area is 213 Å². The Balaban J connectivity index is 1.13. The predicted octanol–water partition coefficient (Wildman–Crippen LogP) is 3.49. The van der Waals surface area contributed by atoms with Crippen LogP contribution in [0.25, 0.3) is 11.0 Å². The summed E-state index contributed by atoms with van der Waals surface area (Å²) in [7, 11) is 1.79. The molecule has 3 aromatic rings. The topological polar surface area (TPSA) is 70.5 Å². The van der Waals surface area contributed by atoms with Crippen molar-refractivity contribution in [1.82, 2.24) is 19.8 Å². The molecule has 0 bridgehead atoms. The number of para-hydroxylation sites is 2. The van der Waals surface area contributed by atoms with Crippen LogP contribution in [0.1, 0.15) is 36.8 Å². The summed E-state index contributed by atoms with van der Waals surface area (Å²) in [6, 6.07) is 16.5. The smallest absolute Gasteiger partial charge is 0.293 e. The Morgan fingerprint density at radius 1 is 1.03 bits per heavy atom. The predicted molar refractivity (Wildman–Crippen MR) is 144 cm³/mol. The molecule has 3 heterocycles. The fourth-order valence-corrected chi connectivity index (χ4v) is 5.54. The summed E-state index contributed by atoms with van der Waals surface area (Å²) in [6.07, 6.45) is 3.96. The van der Waals surface area contributed by atoms with E-state index in [1.54, 1.807) is 11.6 Å². The number of fused-ring (bicyclic) bond motifs is 1. The zero-order valence-corrected chi connectivity index (χ0v) is 21.4. The molecule has 1 amide bonds. The number of nitrogens with zero attached hydrogens (tertiary/aromatic N) is 4. The normalized spacial score (nSPS) is 19.5. The summed E-state index contributed by atoms with van der Waals surface area (Å²) in [6.45, 7) is 7.30. The van der Waals surface area contributed by atoms with Crippen molar-refractivity contribution in [2.24, 2.45) is 18.9 Å². The van der Waals surface area contributed by atoms with Crippen molar-refractivity contribution in [3.05, 3.63) is 70.0 Å². The number of piperidine rings is 2. The number of anilines is 1. The van der Waals surface area contributed by atoms with Crippen LogP contribution in [0.4, 0.5) is 5.82 Å². The van der Waals surface area contributed by atoms with E-state index in [2.05, 4.69) is 46.4 Å². The van der Waals surface area contributed by atoms with E-state index >= 15 is 0 Å². The molecule has 5 rings (SSSR count). The third-order valence-electron chi connectivity index (χ3n) is 7.86. The summed E-state index contributed by atoms with van der Waals surface area (Å²) in [5.41, 5.74) is 4.18. The van der Waals surface area contributed by atoms with Crippen LogP contribution in [0.2, 0.25) is 0 Å². The Bertz CT molecular complexity index is 1260. The van der Waals surface area contributed by atoms with Crippen LogP contribution in [0, 0.1) is 18.8 Å². The standard InChI is InChI=1S/C29H37N5O2/c1-21-9-11-23(12-10-21)19-33-16-13-22(14-17-33)18-30-28(35)24-6-5-15-34(20-24)27-29(36)32(2)26-8-4-3-7-25(26)31-27/h3-4,7-12,22,24H,5-6,13-20H2,1-2H3,(H,30,35)/t24-/m1/s1. The van der Waals surface area contributed by atoms with Gasteiger partial charge in [-0.3, -0.25) is 14.5 Å². The number of hydrogen-bond donors (Lipinski definition) is 1. The molecule has 7 heteroatoms. The fourth-order valence-electron chi connectivity index (χ4n) is 5.54. The number of likely N-dealkylation sites (tertiary alicyclic amines) is 1. The second kappa shape index (κ2) is 10.8. The van der Waals surface area contributed by atoms with Crippen molar-refractivity contribution >= 4 is 22.8 Å². The zero-order chi connectivity index (χ0) is 25.1. The molecule has 7 nitrogen and oxygen atoms in total. The number of carbonyl (C=O) groups is 1. The number of aryl methyl sites for hydroxylation is 2. The largest absolute Gasteiger partial charge is 0.356 e. The van der Waals surface area contributed by atoms with Gasteiger partial charge in [0, 0.05) is 33.2 Å². The molecule has 0 aliphatic carbocycles. The number of benzene rings is 2. The van der Waals surface area contributed by atoms with Crippen molar-refractivity contribution in [3.8, 4) is 0 Å². The molecule has 2 aliphatic rings. The van der Waals surface area contributed by atoms with Crippen LogP contribution < -0.4 is 15.8 Å². The van der Waals surface area contributed by atoms with Gasteiger partial charge in [-0.05, 0) is 69.3 Å². The van der Waals surface area contributed by atoms with Gasteiger partial charge < -0.3 is 14.8 Å². The van der Waals surface area contributed by atoms with Crippen molar-refractivity contribution in [1.29, 1.82) is 0 Å². The molecule has 0 spiro atoms. The van der Waals surface area contributed by atoms with E-state index < -0.39 is 0 Å². The van der Waals surface area contributed by atoms with E-state index in [0.717, 1.165) is 69.4 Å². The van der Waals surface area contributed by atoms with E-state index in [-0.39, 0.29) is 17.4 Å². The van der Waals surface area contributed by atoms with Crippen molar-refractivity contribution in [2.45, 2.75) is 39.2 Å². The van der Waals surface area contributed by atoms with Gasteiger partial charge in [0.15, 0.2) is 5.82 Å². The molecule has 1 aromatic heterocycles. The molecule has 0 unspecified atom stereocenters. The summed E-state index contributed by atoms with van der Waals surface area (Å²) in [5, 5.41) is 3.23. The SMILES string of the molecule is Cc1ccc(CN2CCC(CNC(=O)[C@@H]3CCCN(c4nc5ccccc5n(C)c4=O)C3)CC2)cc1. The molecule has 2 aliphatic heterocycles. The van der Waals surface area contributed by atoms with Crippen molar-refractivity contribution in [3.63, 3.8) is 0 Å². The zero-order valence-electron chi connectivity index (χ0n) is 21.4. The average Bonchev–Trinajstić information content (AvgIpc) is 2.91. The molecule has 0 radical (unpaired) electrons. The maximum absolute atomic E-state index is 13.1. The molecule has 2 saturated heterocycles. The van der Waals surface area contributed by atoms with Crippen LogP contribution >= 0.6 is 0 Å². The van der Waals surface area contributed by atoms with Crippen LogP contribution in [-0.4, -0.2) is 53.1 Å². The Morgan fingerprint density at radius 2 is 1.78 bits per heavy atom. The lowest BCUT2D eigenvalue weighted by molar-refractivity contribution is -0.125. The molecule has 190 valence electrons. The molecule has 1 N–H and O–H groups in total. The van der Waals surface area contributed by atoms with E-state index in [9.17, 15) is 9.59 Å². The molecule has 0 saturated carbocycles. The van der Waals surface area contributed by atoms with Gasteiger partial charge in [-0.1, -0.05) is 42.0 Å². The monoisotopic (exact) mass is 487 g/mol. The summed E-state index contributed by atoms with van der Waals surface area (Å²) >= 11 is 0. The van der Waals surface area contributed by atoms with Gasteiger partial charge >= 0.3 is 0 Å². The molecule has 1 atom stereocenters. The molecule has 2 aromatic carbocycles. The van der Waals surface area contributed by atoms with Crippen LogP contribution in [-0.2, 0) is 18.4 Å². The summed E-state index contributed by atoms with van der Waals surface area (Å²) in [5.74, 6) is 0.977. The first kappa shape index (κ1) is 24.5. The second-order valence-corrected chi connectivity index (χ2v) is 10.5. The van der Waals surface area contributed by atoms with Gasteiger partial charge in [0.05, 0.1) is 17.0 Å². The maximum Gasteiger partial charge on any atom is 0.293 e. The van der Waals surface area contributed by atoms with Crippen LogP contribution in [0.3, 0.4) is 0 Å². The summed E-state index contributed by atoms with van der Waals surface area (Å²) < 4.78 is 1.66. The first-order chi connectivity index (χ1) is 17.5.